The van der Waals surface area contributed by atoms with Gasteiger partial charge in [-0.3, -0.25) is 13.9 Å². The zero-order valence-electron chi connectivity index (χ0n) is 25.4. The first-order valence-electron chi connectivity index (χ1n) is 14.9. The summed E-state index contributed by atoms with van der Waals surface area (Å²) in [7, 11) is -4.16. The molecule has 8 nitrogen and oxygen atoms in total. The van der Waals surface area contributed by atoms with Gasteiger partial charge < -0.3 is 15.0 Å². The third kappa shape index (κ3) is 8.70. The Bertz CT molecular complexity index is 1490. The Morgan fingerprint density at radius 1 is 0.977 bits per heavy atom. The minimum atomic E-state index is -4.16. The van der Waals surface area contributed by atoms with E-state index in [0.29, 0.717) is 23.1 Å². The Labute approximate surface area is 270 Å². The topological polar surface area (TPSA) is 96.0 Å². The number of halogens is 1. The summed E-state index contributed by atoms with van der Waals surface area (Å²) >= 11 is 7.60. The monoisotopic (exact) mass is 657 g/mol. The van der Waals surface area contributed by atoms with Crippen LogP contribution in [0.15, 0.2) is 82.6 Å². The molecule has 3 aromatic rings. The molecule has 4 rings (SSSR count). The first-order chi connectivity index (χ1) is 21.1. The van der Waals surface area contributed by atoms with Crippen LogP contribution in [0.5, 0.6) is 5.75 Å². The van der Waals surface area contributed by atoms with Crippen LogP contribution in [0.25, 0.3) is 0 Å². The van der Waals surface area contributed by atoms with Crippen molar-refractivity contribution in [1.29, 1.82) is 0 Å². The molecular weight excluding hydrogens is 618 g/mol. The van der Waals surface area contributed by atoms with Gasteiger partial charge in [-0.2, -0.15) is 0 Å². The normalized spacial score (nSPS) is 14.5. The third-order valence-corrected chi connectivity index (χ3v) is 10.5. The highest BCUT2D eigenvalue weighted by Gasteiger charge is 2.33. The van der Waals surface area contributed by atoms with Gasteiger partial charge in [0.2, 0.25) is 11.8 Å². The van der Waals surface area contributed by atoms with E-state index in [-0.39, 0.29) is 23.4 Å². The number of hydrogen-bond acceptors (Lipinski definition) is 6. The number of amides is 2. The molecule has 0 saturated heterocycles. The van der Waals surface area contributed by atoms with E-state index in [1.54, 1.807) is 79.7 Å². The number of rotatable bonds is 13. The van der Waals surface area contributed by atoms with Crippen molar-refractivity contribution in [3.63, 3.8) is 0 Å². The van der Waals surface area contributed by atoms with Gasteiger partial charge in [-0.15, -0.1) is 11.8 Å². The number of anilines is 1. The van der Waals surface area contributed by atoms with Gasteiger partial charge in [-0.1, -0.05) is 43.0 Å². The van der Waals surface area contributed by atoms with Gasteiger partial charge in [0.1, 0.15) is 18.3 Å². The molecule has 0 radical (unpaired) electrons. The van der Waals surface area contributed by atoms with E-state index in [1.807, 2.05) is 13.2 Å². The summed E-state index contributed by atoms with van der Waals surface area (Å²) in [6.07, 6.45) is 6.98. The zero-order valence-corrected chi connectivity index (χ0v) is 27.8. The molecule has 1 saturated carbocycles. The van der Waals surface area contributed by atoms with Gasteiger partial charge in [0.05, 0.1) is 17.2 Å². The molecule has 236 valence electrons. The maximum atomic E-state index is 14.2. The van der Waals surface area contributed by atoms with E-state index < -0.39 is 28.5 Å². The van der Waals surface area contributed by atoms with Crippen LogP contribution in [-0.2, 0) is 26.2 Å². The molecule has 0 bridgehead atoms. The van der Waals surface area contributed by atoms with Crippen LogP contribution in [0, 0.1) is 0 Å². The molecule has 0 spiro atoms. The van der Waals surface area contributed by atoms with Crippen LogP contribution in [0.1, 0.15) is 51.5 Å². The minimum absolute atomic E-state index is 0.0596. The smallest absolute Gasteiger partial charge is 0.264 e. The van der Waals surface area contributed by atoms with Crippen molar-refractivity contribution in [2.75, 3.05) is 23.7 Å². The quantitative estimate of drug-likeness (QED) is 0.210. The minimum Gasteiger partial charge on any atom is -0.494 e. The Balaban J connectivity index is 1.68. The molecule has 44 heavy (non-hydrogen) atoms. The summed E-state index contributed by atoms with van der Waals surface area (Å²) in [5.74, 6) is -0.187. The van der Waals surface area contributed by atoms with E-state index in [2.05, 4.69) is 5.32 Å². The number of nitrogens with one attached hydrogen (secondary N) is 1. The lowest BCUT2D eigenvalue weighted by atomic mass is 9.95. The lowest BCUT2D eigenvalue weighted by Gasteiger charge is -2.33. The third-order valence-electron chi connectivity index (χ3n) is 7.75. The molecule has 1 atom stereocenters. The van der Waals surface area contributed by atoms with Crippen LogP contribution in [0.2, 0.25) is 5.02 Å². The first-order valence-corrected chi connectivity index (χ1v) is 17.9. The number of thioether (sulfide) groups is 1. The average molecular weight is 658 g/mol. The predicted octanol–water partition coefficient (Wildman–Crippen LogP) is 6.52. The predicted molar refractivity (Wildman–Crippen MR) is 177 cm³/mol. The fourth-order valence-electron chi connectivity index (χ4n) is 5.22. The van der Waals surface area contributed by atoms with Gasteiger partial charge in [0, 0.05) is 22.5 Å². The number of benzene rings is 3. The molecule has 0 aromatic heterocycles. The molecule has 11 heteroatoms. The summed E-state index contributed by atoms with van der Waals surface area (Å²) in [4.78, 5) is 30.0. The van der Waals surface area contributed by atoms with E-state index in [1.165, 1.54) is 16.7 Å². The Morgan fingerprint density at radius 2 is 1.61 bits per heavy atom. The van der Waals surface area contributed by atoms with Crippen molar-refractivity contribution >= 4 is 50.9 Å². The lowest BCUT2D eigenvalue weighted by Crippen LogP contribution is -2.53. The fourth-order valence-corrected chi connectivity index (χ4v) is 7.17. The van der Waals surface area contributed by atoms with Crippen LogP contribution in [0.3, 0.4) is 0 Å². The average Bonchev–Trinajstić information content (AvgIpc) is 3.04. The molecule has 1 fully saturated rings. The van der Waals surface area contributed by atoms with Gasteiger partial charge in [-0.05, 0) is 99.2 Å². The molecule has 0 unspecified atom stereocenters. The van der Waals surface area contributed by atoms with Crippen molar-refractivity contribution in [1.82, 2.24) is 10.2 Å². The van der Waals surface area contributed by atoms with Crippen LogP contribution < -0.4 is 14.4 Å². The highest BCUT2D eigenvalue weighted by atomic mass is 35.5. The van der Waals surface area contributed by atoms with Crippen molar-refractivity contribution in [2.24, 2.45) is 0 Å². The molecule has 2 amide bonds. The molecule has 0 heterocycles. The molecular formula is C33H40ClN3O5S2. The van der Waals surface area contributed by atoms with E-state index in [0.717, 1.165) is 46.9 Å². The summed E-state index contributed by atoms with van der Waals surface area (Å²) in [5, 5.41) is 3.67. The van der Waals surface area contributed by atoms with Gasteiger partial charge in [0.25, 0.3) is 10.0 Å². The van der Waals surface area contributed by atoms with Crippen LogP contribution in [0.4, 0.5) is 5.69 Å². The Kier molecular flexibility index (Phi) is 12.0. The Hall–Kier alpha value is -3.21. The fraction of sp³-hybridized carbons (Fsp3) is 0.394. The first kappa shape index (κ1) is 33.7. The standard InChI is InChI=1S/C33H40ClN3O5S2/c1-4-42-29-16-14-28(15-17-29)37(44(40,41)31-20-18-30(43-3)19-21-31)23-32(38)36(22-25-10-12-26(34)13-11-25)24(2)33(39)35-27-8-6-5-7-9-27/h10-21,24,27H,4-9,22-23H2,1-3H3,(H,35,39)/t24-/m0/s1. The summed E-state index contributed by atoms with van der Waals surface area (Å²) < 4.78 is 34.8. The number of carbonyl (C=O) groups is 2. The van der Waals surface area contributed by atoms with E-state index >= 15 is 0 Å². The number of carbonyl (C=O) groups excluding carboxylic acids is 2. The highest BCUT2D eigenvalue weighted by molar-refractivity contribution is 7.98. The highest BCUT2D eigenvalue weighted by Crippen LogP contribution is 2.28. The number of sulfonamides is 1. The van der Waals surface area contributed by atoms with Gasteiger partial charge in [0.15, 0.2) is 0 Å². The van der Waals surface area contributed by atoms with Crippen molar-refractivity contribution in [2.45, 2.75) is 74.4 Å². The van der Waals surface area contributed by atoms with Crippen molar-refractivity contribution in [3.8, 4) is 5.75 Å². The molecule has 1 aliphatic carbocycles. The molecule has 0 aliphatic heterocycles. The van der Waals surface area contributed by atoms with Gasteiger partial charge >= 0.3 is 0 Å². The van der Waals surface area contributed by atoms with Crippen molar-refractivity contribution < 1.29 is 22.7 Å². The summed E-state index contributed by atoms with van der Waals surface area (Å²) in [6.45, 7) is 3.61. The van der Waals surface area contributed by atoms with Crippen LogP contribution >= 0.6 is 23.4 Å². The lowest BCUT2D eigenvalue weighted by molar-refractivity contribution is -0.139. The summed E-state index contributed by atoms with van der Waals surface area (Å²) in [6, 6.07) is 19.4. The molecule has 3 aromatic carbocycles. The van der Waals surface area contributed by atoms with E-state index in [9.17, 15) is 18.0 Å². The number of hydrogen-bond donors (Lipinski definition) is 1. The second kappa shape index (κ2) is 15.7. The second-order valence-corrected chi connectivity index (χ2v) is 14.0. The second-order valence-electron chi connectivity index (χ2n) is 10.8. The maximum Gasteiger partial charge on any atom is 0.264 e. The molecule has 1 N–H and O–H groups in total. The van der Waals surface area contributed by atoms with Crippen LogP contribution in [-0.4, -0.2) is 56.6 Å². The zero-order chi connectivity index (χ0) is 31.7. The SMILES string of the molecule is CCOc1ccc(N(CC(=O)N(Cc2ccc(Cl)cc2)[C@@H](C)C(=O)NC2CCCCC2)S(=O)(=O)c2ccc(SC)cc2)cc1. The molecule has 1 aliphatic rings. The maximum absolute atomic E-state index is 14.2. The van der Waals surface area contributed by atoms with Gasteiger partial charge in [-0.25, -0.2) is 8.42 Å². The van der Waals surface area contributed by atoms with Crippen molar-refractivity contribution in [3.05, 3.63) is 83.4 Å². The van der Waals surface area contributed by atoms with E-state index in [4.69, 9.17) is 16.3 Å². The number of nitrogens with zero attached hydrogens (tertiary/aromatic N) is 2. The Morgan fingerprint density at radius 3 is 2.20 bits per heavy atom. The largest absolute Gasteiger partial charge is 0.494 e. The summed E-state index contributed by atoms with van der Waals surface area (Å²) in [5.41, 5.74) is 1.07. The number of ether oxygens (including phenoxy) is 1.